The highest BCUT2D eigenvalue weighted by Gasteiger charge is 2.36. The van der Waals surface area contributed by atoms with Gasteiger partial charge in [0.05, 0.1) is 10.5 Å². The first-order valence-corrected chi connectivity index (χ1v) is 6.71. The summed E-state index contributed by atoms with van der Waals surface area (Å²) in [7, 11) is 0. The van der Waals surface area contributed by atoms with E-state index in [1.165, 1.54) is 19.1 Å². The molecule has 0 bridgehead atoms. The van der Waals surface area contributed by atoms with E-state index < -0.39 is 22.2 Å². The molecule has 1 aromatic rings. The van der Waals surface area contributed by atoms with Crippen molar-refractivity contribution >= 4 is 18.1 Å². The van der Waals surface area contributed by atoms with Crippen LogP contribution in [0.5, 0.6) is 0 Å². The van der Waals surface area contributed by atoms with Crippen molar-refractivity contribution in [3.63, 3.8) is 0 Å². The second-order valence-corrected chi connectivity index (χ2v) is 6.22. The molecule has 0 fully saturated rings. The molecule has 0 aliphatic heterocycles. The van der Waals surface area contributed by atoms with Crippen LogP contribution in [0.15, 0.2) is 18.2 Å². The van der Waals surface area contributed by atoms with Crippen molar-refractivity contribution in [1.29, 1.82) is 0 Å². The first kappa shape index (κ1) is 17.6. The number of hydrogen-bond acceptors (Lipinski definition) is 5. The normalized spacial score (nSPS) is 13.9. The minimum Gasteiger partial charge on any atom is -0.444 e. The summed E-state index contributed by atoms with van der Waals surface area (Å²) >= 11 is 0. The number of nitrogens with one attached hydrogen (secondary N) is 1. The number of rotatable bonds is 4. The number of aldehydes is 1. The molecule has 22 heavy (non-hydrogen) atoms. The van der Waals surface area contributed by atoms with Crippen LogP contribution in [0.3, 0.4) is 0 Å². The maximum absolute atomic E-state index is 11.9. The van der Waals surface area contributed by atoms with E-state index >= 15 is 0 Å². The van der Waals surface area contributed by atoms with E-state index in [0.717, 1.165) is 5.56 Å². The molecule has 0 radical (unpaired) electrons. The van der Waals surface area contributed by atoms with Crippen molar-refractivity contribution in [2.45, 2.75) is 45.8 Å². The molecule has 7 nitrogen and oxygen atoms in total. The van der Waals surface area contributed by atoms with E-state index in [2.05, 4.69) is 5.32 Å². The summed E-state index contributed by atoms with van der Waals surface area (Å²) in [6.45, 7) is 8.18. The Morgan fingerprint density at radius 2 is 1.91 bits per heavy atom. The molecule has 0 heterocycles. The number of aryl methyl sites for hydroxylation is 1. The van der Waals surface area contributed by atoms with Crippen molar-refractivity contribution in [3.8, 4) is 0 Å². The zero-order valence-corrected chi connectivity index (χ0v) is 13.3. The van der Waals surface area contributed by atoms with Crippen molar-refractivity contribution in [1.82, 2.24) is 5.32 Å². The van der Waals surface area contributed by atoms with Crippen molar-refractivity contribution in [2.75, 3.05) is 0 Å². The molecule has 0 aliphatic carbocycles. The molecule has 0 spiro atoms. The predicted molar refractivity (Wildman–Crippen MR) is 80.6 cm³/mol. The Labute approximate surface area is 128 Å². The van der Waals surface area contributed by atoms with Gasteiger partial charge in [-0.25, -0.2) is 4.79 Å². The van der Waals surface area contributed by atoms with Gasteiger partial charge in [0, 0.05) is 6.07 Å². The molecule has 0 aliphatic rings. The van der Waals surface area contributed by atoms with Gasteiger partial charge < -0.3 is 14.8 Å². The summed E-state index contributed by atoms with van der Waals surface area (Å²) in [6, 6.07) is 4.38. The fraction of sp³-hybridized carbons (Fsp3) is 0.467. The first-order chi connectivity index (χ1) is 9.98. The van der Waals surface area contributed by atoms with Gasteiger partial charge in [0.25, 0.3) is 5.69 Å². The van der Waals surface area contributed by atoms with E-state index in [-0.39, 0.29) is 11.3 Å². The van der Waals surface area contributed by atoms with Gasteiger partial charge in [0.2, 0.25) is 0 Å². The lowest BCUT2D eigenvalue weighted by molar-refractivity contribution is -0.386. The molecule has 1 unspecified atom stereocenters. The van der Waals surface area contributed by atoms with Crippen LogP contribution in [0.1, 0.15) is 38.8 Å². The molecule has 1 aromatic carbocycles. The number of carbonyl (C=O) groups is 2. The number of alkyl carbamates (subject to hydrolysis) is 1. The van der Waals surface area contributed by atoms with E-state index in [9.17, 15) is 19.7 Å². The second-order valence-electron chi connectivity index (χ2n) is 6.22. The lowest BCUT2D eigenvalue weighted by Crippen LogP contribution is -2.47. The van der Waals surface area contributed by atoms with E-state index in [4.69, 9.17) is 4.74 Å². The summed E-state index contributed by atoms with van der Waals surface area (Å²) < 4.78 is 5.11. The quantitative estimate of drug-likeness (QED) is 0.524. The monoisotopic (exact) mass is 308 g/mol. The highest BCUT2D eigenvalue weighted by molar-refractivity contribution is 5.79. The Morgan fingerprint density at radius 1 is 1.32 bits per heavy atom. The van der Waals surface area contributed by atoms with Gasteiger partial charge in [-0.2, -0.15) is 0 Å². The molecule has 1 rings (SSSR count). The van der Waals surface area contributed by atoms with Crippen LogP contribution in [0.25, 0.3) is 0 Å². The van der Waals surface area contributed by atoms with Crippen LogP contribution in [-0.2, 0) is 15.1 Å². The minimum atomic E-state index is -1.56. The van der Waals surface area contributed by atoms with Gasteiger partial charge in [-0.15, -0.1) is 0 Å². The van der Waals surface area contributed by atoms with Gasteiger partial charge >= 0.3 is 6.09 Å². The number of amides is 1. The fourth-order valence-corrected chi connectivity index (χ4v) is 1.90. The number of nitrogens with zero attached hydrogens (tertiary/aromatic N) is 1. The van der Waals surface area contributed by atoms with Crippen molar-refractivity contribution in [3.05, 3.63) is 39.4 Å². The number of hydrogen-bond donors (Lipinski definition) is 1. The molecule has 1 N–H and O–H groups in total. The third-order valence-electron chi connectivity index (χ3n) is 2.90. The average Bonchev–Trinajstić information content (AvgIpc) is 2.35. The van der Waals surface area contributed by atoms with E-state index in [1.807, 2.05) is 0 Å². The maximum atomic E-state index is 11.9. The van der Waals surface area contributed by atoms with Crippen LogP contribution in [0.2, 0.25) is 0 Å². The zero-order chi connectivity index (χ0) is 17.1. The summed E-state index contributed by atoms with van der Waals surface area (Å²) in [5.74, 6) is 0. The molecule has 0 aromatic heterocycles. The third kappa shape index (κ3) is 4.28. The summed E-state index contributed by atoms with van der Waals surface area (Å²) in [5.41, 5.74) is -1.70. The molecule has 0 saturated heterocycles. The Hall–Kier alpha value is -2.44. The average molecular weight is 308 g/mol. The second kappa shape index (κ2) is 6.13. The van der Waals surface area contributed by atoms with Gasteiger partial charge in [-0.1, -0.05) is 11.6 Å². The third-order valence-corrected chi connectivity index (χ3v) is 2.90. The molecule has 120 valence electrons. The smallest absolute Gasteiger partial charge is 0.408 e. The zero-order valence-electron chi connectivity index (χ0n) is 13.3. The molecular weight excluding hydrogens is 288 g/mol. The van der Waals surface area contributed by atoms with Crippen molar-refractivity contribution in [2.24, 2.45) is 0 Å². The Kier molecular flexibility index (Phi) is 4.91. The fourth-order valence-electron chi connectivity index (χ4n) is 1.90. The SMILES string of the molecule is Cc1ccc([N+](=O)[O-])c(C(C)(C=O)NC(=O)OC(C)(C)C)c1. The van der Waals surface area contributed by atoms with Crippen LogP contribution in [0, 0.1) is 17.0 Å². The van der Waals surface area contributed by atoms with E-state index in [1.54, 1.807) is 33.8 Å². The van der Waals surface area contributed by atoms with Crippen LogP contribution >= 0.6 is 0 Å². The lowest BCUT2D eigenvalue weighted by Gasteiger charge is -2.27. The largest absolute Gasteiger partial charge is 0.444 e. The van der Waals surface area contributed by atoms with Crippen molar-refractivity contribution < 1.29 is 19.2 Å². The summed E-state index contributed by atoms with van der Waals surface area (Å²) in [4.78, 5) is 34.0. The summed E-state index contributed by atoms with van der Waals surface area (Å²) in [5, 5.41) is 13.6. The topological polar surface area (TPSA) is 98.5 Å². The lowest BCUT2D eigenvalue weighted by atomic mass is 9.91. The predicted octanol–water partition coefficient (Wildman–Crippen LogP) is 2.84. The highest BCUT2D eigenvalue weighted by Crippen LogP contribution is 2.30. The number of nitro benzene ring substituents is 1. The Balaban J connectivity index is 3.24. The Morgan fingerprint density at radius 3 is 2.36 bits per heavy atom. The number of carbonyl (C=O) groups excluding carboxylic acids is 2. The number of nitro groups is 1. The standard InChI is InChI=1S/C15H20N2O5/c1-10-6-7-12(17(20)21)11(8-10)15(5,9-18)16-13(19)22-14(2,3)4/h6-9H,1-5H3,(H,16,19). The summed E-state index contributed by atoms with van der Waals surface area (Å²) in [6.07, 6.45) is -0.364. The van der Waals surface area contributed by atoms with E-state index in [0.29, 0.717) is 6.29 Å². The molecule has 7 heteroatoms. The van der Waals surface area contributed by atoms with Gasteiger partial charge in [-0.3, -0.25) is 10.1 Å². The van der Waals surface area contributed by atoms with Crippen LogP contribution < -0.4 is 5.32 Å². The van der Waals surface area contributed by atoms with Crippen LogP contribution in [0.4, 0.5) is 10.5 Å². The highest BCUT2D eigenvalue weighted by atomic mass is 16.6. The van der Waals surface area contributed by atoms with Gasteiger partial charge in [0.15, 0.2) is 0 Å². The molecule has 0 saturated carbocycles. The van der Waals surface area contributed by atoms with Crippen LogP contribution in [-0.4, -0.2) is 22.9 Å². The van der Waals surface area contributed by atoms with Gasteiger partial charge in [-0.05, 0) is 40.7 Å². The molecular formula is C15H20N2O5. The molecule has 1 atom stereocenters. The van der Waals surface area contributed by atoms with Gasteiger partial charge in [0.1, 0.15) is 17.4 Å². The number of ether oxygens (including phenoxy) is 1. The maximum Gasteiger partial charge on any atom is 0.408 e. The minimum absolute atomic E-state index is 0.110. The first-order valence-electron chi connectivity index (χ1n) is 6.71. The Bertz CT molecular complexity index is 606. The molecule has 1 amide bonds. The number of benzene rings is 1.